The van der Waals surface area contributed by atoms with Crippen LogP contribution < -0.4 is 5.32 Å². The number of carbonyl (C=O) groups excluding carboxylic acids is 4. The van der Waals surface area contributed by atoms with Gasteiger partial charge in [-0.3, -0.25) is 9.59 Å². The van der Waals surface area contributed by atoms with Crippen molar-refractivity contribution < 1.29 is 63.7 Å². The highest BCUT2D eigenvalue weighted by molar-refractivity contribution is 5.93. The first-order valence-corrected chi connectivity index (χ1v) is 15.9. The van der Waals surface area contributed by atoms with Crippen LogP contribution in [0.15, 0.2) is 11.1 Å². The van der Waals surface area contributed by atoms with Crippen LogP contribution in [0.1, 0.15) is 74.1 Å². The highest BCUT2D eigenvalue weighted by Gasteiger charge is 2.76. The summed E-state index contributed by atoms with van der Waals surface area (Å²) in [5.41, 5.74) is -7.19. The van der Waals surface area contributed by atoms with Gasteiger partial charge in [-0.1, -0.05) is 13.8 Å². The van der Waals surface area contributed by atoms with E-state index in [4.69, 9.17) is 18.9 Å². The van der Waals surface area contributed by atoms with Gasteiger partial charge in [0, 0.05) is 31.1 Å². The van der Waals surface area contributed by atoms with Crippen LogP contribution in [0, 0.1) is 22.7 Å². The lowest BCUT2D eigenvalue weighted by Crippen LogP contribution is -2.81. The summed E-state index contributed by atoms with van der Waals surface area (Å²) in [7, 11) is 0. The Morgan fingerprint density at radius 3 is 2.22 bits per heavy atom. The Hall–Kier alpha value is -2.62. The summed E-state index contributed by atoms with van der Waals surface area (Å²) in [6.45, 7) is 10.2. The highest BCUT2D eigenvalue weighted by Crippen LogP contribution is 2.63. The van der Waals surface area contributed by atoms with Crippen molar-refractivity contribution in [2.45, 2.75) is 134 Å². The smallest absolute Gasteiger partial charge is 0.407 e. The maximum atomic E-state index is 14.3. The molecule has 4 fully saturated rings. The van der Waals surface area contributed by atoms with Crippen LogP contribution in [0.5, 0.6) is 0 Å². The van der Waals surface area contributed by atoms with E-state index in [0.29, 0.717) is 12.8 Å². The van der Waals surface area contributed by atoms with Crippen molar-refractivity contribution in [3.05, 3.63) is 11.1 Å². The third-order valence-electron chi connectivity index (χ3n) is 11.3. The largest absolute Gasteiger partial charge is 0.459 e. The minimum absolute atomic E-state index is 0.00100. The van der Waals surface area contributed by atoms with Crippen molar-refractivity contribution in [3.63, 3.8) is 0 Å². The SMILES string of the molecule is CC(=O)O[C@H]1[C@@H]2[C@]3(O)CO[C@@H]3C[C@H](O)[C@@]2(C)C(=O)[C@H](O)C2=C(C)C(OC(=O)[C@H](O)[C@@H](NC(=O)OC(C)C)C3CC3)C[C@]1(O)C2(C)C. The van der Waals surface area contributed by atoms with Gasteiger partial charge in [0.1, 0.15) is 29.5 Å². The lowest BCUT2D eigenvalue weighted by Gasteiger charge is -2.66. The molecule has 258 valence electrons. The lowest BCUT2D eigenvalue weighted by molar-refractivity contribution is -0.345. The number of ketones is 1. The second-order valence-electron chi connectivity index (χ2n) is 14.8. The van der Waals surface area contributed by atoms with Gasteiger partial charge < -0.3 is 49.8 Å². The Balaban J connectivity index is 1.57. The van der Waals surface area contributed by atoms with E-state index in [-0.39, 0.29) is 30.1 Å². The first-order chi connectivity index (χ1) is 21.2. The Morgan fingerprint density at radius 1 is 1.07 bits per heavy atom. The molecule has 4 aliphatic carbocycles. The summed E-state index contributed by atoms with van der Waals surface area (Å²) in [5, 5.41) is 61.4. The van der Waals surface area contributed by atoms with Gasteiger partial charge in [-0.05, 0) is 57.6 Å². The molecule has 6 N–H and O–H groups in total. The van der Waals surface area contributed by atoms with Crippen molar-refractivity contribution in [3.8, 4) is 0 Å². The zero-order valence-corrected chi connectivity index (χ0v) is 27.3. The second-order valence-corrected chi connectivity index (χ2v) is 14.8. The van der Waals surface area contributed by atoms with Gasteiger partial charge in [0.25, 0.3) is 0 Å². The van der Waals surface area contributed by atoms with E-state index in [1.807, 2.05) is 0 Å². The summed E-state index contributed by atoms with van der Waals surface area (Å²) in [5.74, 6) is -4.47. The van der Waals surface area contributed by atoms with Crippen molar-refractivity contribution >= 4 is 23.8 Å². The van der Waals surface area contributed by atoms with E-state index in [9.17, 15) is 44.7 Å². The standard InChI is InChI=1S/C32H47NO13/c1-13(2)44-28(40)33-21(16-8-9-16)23(37)27(39)46-17-11-32(42)26(45-15(4)34)24-30(7,18(35)10-19-31(24,41)12-43-19)25(38)22(36)20(14(17)3)29(32,5)6/h13,16-19,21-24,26,35-37,41-42H,8-12H2,1-7H3,(H,33,40)/t17?,18-,19+,21-,22+,23+,24-,26-,30+,31-,32+/m0/s1. The third-order valence-corrected chi connectivity index (χ3v) is 11.3. The zero-order valence-electron chi connectivity index (χ0n) is 27.3. The fraction of sp³-hybridized carbons (Fsp3) is 0.812. The molecule has 5 aliphatic rings. The van der Waals surface area contributed by atoms with E-state index < -0.39 is 107 Å². The number of hydrogen-bond acceptors (Lipinski definition) is 13. The molecule has 0 radical (unpaired) electrons. The third kappa shape index (κ3) is 5.16. The molecule has 0 aromatic rings. The predicted octanol–water partition coefficient (Wildman–Crippen LogP) is 0.0421. The van der Waals surface area contributed by atoms with Crippen molar-refractivity contribution in [2.75, 3.05) is 6.61 Å². The topological polar surface area (TPSA) is 218 Å². The Kier molecular flexibility index (Phi) is 8.69. The van der Waals surface area contributed by atoms with Gasteiger partial charge in [0.2, 0.25) is 0 Å². The van der Waals surface area contributed by atoms with Crippen molar-refractivity contribution in [2.24, 2.45) is 22.7 Å². The number of rotatable bonds is 7. The van der Waals surface area contributed by atoms with E-state index in [2.05, 4.69) is 5.32 Å². The number of esters is 2. The fourth-order valence-corrected chi connectivity index (χ4v) is 8.45. The molecule has 0 aromatic heterocycles. The summed E-state index contributed by atoms with van der Waals surface area (Å²) >= 11 is 0. The lowest BCUT2D eigenvalue weighted by atomic mass is 9.45. The first kappa shape index (κ1) is 34.7. The molecule has 1 heterocycles. The number of alkyl carbamates (subject to hydrolysis) is 1. The van der Waals surface area contributed by atoms with Crippen molar-refractivity contribution in [1.82, 2.24) is 5.32 Å². The Labute approximate surface area is 267 Å². The van der Waals surface area contributed by atoms with Crippen LogP contribution in [-0.4, -0.2) is 116 Å². The fourth-order valence-electron chi connectivity index (χ4n) is 8.45. The van der Waals surface area contributed by atoms with Gasteiger partial charge in [-0.15, -0.1) is 0 Å². The Bertz CT molecular complexity index is 1320. The van der Waals surface area contributed by atoms with Gasteiger partial charge in [0.05, 0.1) is 36.4 Å². The maximum Gasteiger partial charge on any atom is 0.407 e. The number of carbonyl (C=O) groups is 4. The molecule has 11 atom stereocenters. The van der Waals surface area contributed by atoms with Crippen LogP contribution in [-0.2, 0) is 33.3 Å². The highest BCUT2D eigenvalue weighted by atomic mass is 16.6. The molecule has 0 spiro atoms. The molecular formula is C32H47NO13. The zero-order chi connectivity index (χ0) is 34.3. The average molecular weight is 654 g/mol. The molecule has 1 amide bonds. The quantitative estimate of drug-likeness (QED) is 0.122. The molecule has 1 aliphatic heterocycles. The molecule has 1 unspecified atom stereocenters. The molecule has 3 saturated carbocycles. The summed E-state index contributed by atoms with van der Waals surface area (Å²) in [6, 6.07) is -1.02. The summed E-state index contributed by atoms with van der Waals surface area (Å²) in [4.78, 5) is 52.8. The average Bonchev–Trinajstić information content (AvgIpc) is 3.79. The maximum absolute atomic E-state index is 14.3. The van der Waals surface area contributed by atoms with Crippen molar-refractivity contribution in [1.29, 1.82) is 0 Å². The van der Waals surface area contributed by atoms with Gasteiger partial charge >= 0.3 is 18.0 Å². The molecule has 46 heavy (non-hydrogen) atoms. The van der Waals surface area contributed by atoms with Gasteiger partial charge in [-0.25, -0.2) is 9.59 Å². The van der Waals surface area contributed by atoms with Crippen LogP contribution >= 0.6 is 0 Å². The monoisotopic (exact) mass is 653 g/mol. The number of fused-ring (bicyclic) bond motifs is 5. The number of aliphatic hydroxyl groups excluding tert-OH is 3. The van der Waals surface area contributed by atoms with E-state index in [1.54, 1.807) is 27.7 Å². The first-order valence-electron chi connectivity index (χ1n) is 15.9. The number of Topliss-reactive ketones (excluding diaryl/α,β-unsaturated/α-hetero) is 1. The number of nitrogens with one attached hydrogen (secondary N) is 1. The summed E-state index contributed by atoms with van der Waals surface area (Å²) in [6.07, 6.45) is -9.60. The minimum Gasteiger partial charge on any atom is -0.459 e. The van der Waals surface area contributed by atoms with Crippen LogP contribution in [0.4, 0.5) is 4.79 Å². The van der Waals surface area contributed by atoms with Crippen LogP contribution in [0.25, 0.3) is 0 Å². The predicted molar refractivity (Wildman–Crippen MR) is 157 cm³/mol. The minimum atomic E-state index is -2.20. The second kappa shape index (κ2) is 11.5. The molecular weight excluding hydrogens is 606 g/mol. The van der Waals surface area contributed by atoms with E-state index >= 15 is 0 Å². The van der Waals surface area contributed by atoms with Gasteiger partial charge in [0.15, 0.2) is 11.9 Å². The number of aliphatic hydroxyl groups is 5. The molecule has 0 aromatic carbocycles. The Morgan fingerprint density at radius 2 is 1.70 bits per heavy atom. The molecule has 14 nitrogen and oxygen atoms in total. The number of ether oxygens (including phenoxy) is 4. The molecule has 14 heteroatoms. The van der Waals surface area contributed by atoms with Crippen LogP contribution in [0.2, 0.25) is 0 Å². The van der Waals surface area contributed by atoms with E-state index in [0.717, 1.165) is 6.92 Å². The number of amides is 1. The number of hydrogen-bond donors (Lipinski definition) is 6. The molecule has 1 saturated heterocycles. The molecule has 5 rings (SSSR count). The summed E-state index contributed by atoms with van der Waals surface area (Å²) < 4.78 is 22.2. The van der Waals surface area contributed by atoms with E-state index in [1.165, 1.54) is 13.8 Å². The van der Waals surface area contributed by atoms with Gasteiger partial charge in [-0.2, -0.15) is 0 Å². The molecule has 2 bridgehead atoms. The normalized spacial score (nSPS) is 41.1. The van der Waals surface area contributed by atoms with Crippen LogP contribution in [0.3, 0.4) is 0 Å².